The minimum atomic E-state index is -5.07. The molecular formula is C16H11BrF3N3O2. The molecule has 0 saturated heterocycles. The predicted octanol–water partition coefficient (Wildman–Crippen LogP) is 3.35. The highest BCUT2D eigenvalue weighted by molar-refractivity contribution is 9.10. The van der Waals surface area contributed by atoms with Gasteiger partial charge in [0.05, 0.1) is 12.1 Å². The molecule has 5 nitrogen and oxygen atoms in total. The van der Waals surface area contributed by atoms with E-state index in [4.69, 9.17) is 0 Å². The monoisotopic (exact) mass is 413 g/mol. The molecule has 0 aliphatic carbocycles. The summed E-state index contributed by atoms with van der Waals surface area (Å²) in [4.78, 5) is 16.3. The van der Waals surface area contributed by atoms with Crippen LogP contribution in [0.1, 0.15) is 22.3 Å². The fourth-order valence-electron chi connectivity index (χ4n) is 2.40. The van der Waals surface area contributed by atoms with Crippen LogP contribution in [0.3, 0.4) is 0 Å². The van der Waals surface area contributed by atoms with E-state index in [9.17, 15) is 23.1 Å². The van der Waals surface area contributed by atoms with Crippen LogP contribution in [0, 0.1) is 0 Å². The van der Waals surface area contributed by atoms with Gasteiger partial charge >= 0.3 is 6.18 Å². The zero-order valence-corrected chi connectivity index (χ0v) is 14.1. The number of nitrogens with zero attached hydrogens (tertiary/aromatic N) is 3. The molecule has 0 fully saturated rings. The van der Waals surface area contributed by atoms with Crippen molar-refractivity contribution in [3.8, 4) is 0 Å². The molecule has 9 heteroatoms. The number of hydrogen-bond acceptors (Lipinski definition) is 4. The van der Waals surface area contributed by atoms with Gasteiger partial charge in [-0.3, -0.25) is 9.78 Å². The molecular weight excluding hydrogens is 403 g/mol. The van der Waals surface area contributed by atoms with Gasteiger partial charge in [0, 0.05) is 28.0 Å². The summed E-state index contributed by atoms with van der Waals surface area (Å²) in [6.45, 7) is 0. The highest BCUT2D eigenvalue weighted by atomic mass is 79.9. The molecule has 1 aliphatic rings. The minimum Gasteiger partial charge on any atom is -0.362 e. The number of aromatic nitrogens is 1. The largest absolute Gasteiger partial charge is 0.438 e. The van der Waals surface area contributed by atoms with Crippen LogP contribution < -0.4 is 0 Å². The third-order valence-electron chi connectivity index (χ3n) is 3.74. The van der Waals surface area contributed by atoms with E-state index >= 15 is 0 Å². The second kappa shape index (κ2) is 6.23. The smallest absolute Gasteiger partial charge is 0.362 e. The number of aliphatic hydroxyl groups is 1. The number of carbonyl (C=O) groups excluding carboxylic acids is 1. The Labute approximate surface area is 148 Å². The van der Waals surface area contributed by atoms with Crippen LogP contribution in [-0.2, 0) is 0 Å². The van der Waals surface area contributed by atoms with Gasteiger partial charge in [0.1, 0.15) is 0 Å². The molecule has 0 radical (unpaired) electrons. The van der Waals surface area contributed by atoms with Gasteiger partial charge in [-0.05, 0) is 36.4 Å². The quantitative estimate of drug-likeness (QED) is 0.820. The SMILES string of the molecule is O=C(c1ccc(Br)cc1)N1N=C(c2ccncc2)C[C@]1(O)C(F)(F)F. The molecule has 1 aromatic carbocycles. The number of alkyl halides is 3. The molecule has 1 aliphatic heterocycles. The number of hydrazone groups is 1. The van der Waals surface area contributed by atoms with E-state index < -0.39 is 24.2 Å². The Morgan fingerprint density at radius 2 is 1.76 bits per heavy atom. The highest BCUT2D eigenvalue weighted by Crippen LogP contribution is 2.41. The third kappa shape index (κ3) is 3.16. The molecule has 1 atom stereocenters. The van der Waals surface area contributed by atoms with E-state index in [0.29, 0.717) is 10.0 Å². The van der Waals surface area contributed by atoms with E-state index in [1.165, 1.54) is 48.8 Å². The summed E-state index contributed by atoms with van der Waals surface area (Å²) in [6, 6.07) is 8.66. The van der Waals surface area contributed by atoms with Crippen LogP contribution in [0.15, 0.2) is 58.4 Å². The summed E-state index contributed by atoms with van der Waals surface area (Å²) >= 11 is 3.18. The Bertz CT molecular complexity index is 825. The second-order valence-corrected chi connectivity index (χ2v) is 6.31. The summed E-state index contributed by atoms with van der Waals surface area (Å²) in [5.74, 6) is -1.05. The lowest BCUT2D eigenvalue weighted by atomic mass is 10.0. The molecule has 2 heterocycles. The van der Waals surface area contributed by atoms with Gasteiger partial charge in [-0.2, -0.15) is 23.3 Å². The second-order valence-electron chi connectivity index (χ2n) is 5.40. The van der Waals surface area contributed by atoms with Crippen LogP contribution in [0.25, 0.3) is 0 Å². The number of pyridine rings is 1. The predicted molar refractivity (Wildman–Crippen MR) is 86.7 cm³/mol. The van der Waals surface area contributed by atoms with Gasteiger partial charge in [0.15, 0.2) is 0 Å². The van der Waals surface area contributed by atoms with E-state index in [1.54, 1.807) is 0 Å². The molecule has 0 unspecified atom stereocenters. The summed E-state index contributed by atoms with van der Waals surface area (Å²) in [6.07, 6.45) is -3.15. The summed E-state index contributed by atoms with van der Waals surface area (Å²) < 4.78 is 41.1. The molecule has 25 heavy (non-hydrogen) atoms. The Balaban J connectivity index is 2.04. The standard InChI is InChI=1S/C16H11BrF3N3O2/c17-12-3-1-11(2-4-12)14(24)23-15(25,16(18,19)20)9-13(22-23)10-5-7-21-8-6-10/h1-8,25H,9H2/t15-/m0/s1. The summed E-state index contributed by atoms with van der Waals surface area (Å²) in [5.41, 5.74) is -3.13. The Hall–Kier alpha value is -2.26. The van der Waals surface area contributed by atoms with Crippen molar-refractivity contribution >= 4 is 27.5 Å². The molecule has 1 N–H and O–H groups in total. The molecule has 0 spiro atoms. The first-order chi connectivity index (χ1) is 11.7. The summed E-state index contributed by atoms with van der Waals surface area (Å²) in [7, 11) is 0. The Morgan fingerprint density at radius 1 is 1.16 bits per heavy atom. The molecule has 1 amide bonds. The lowest BCUT2D eigenvalue weighted by Gasteiger charge is -2.32. The maximum Gasteiger partial charge on any atom is 0.438 e. The van der Waals surface area contributed by atoms with Crippen molar-refractivity contribution in [1.82, 2.24) is 9.99 Å². The number of rotatable bonds is 2. The summed E-state index contributed by atoms with van der Waals surface area (Å²) in [5, 5.41) is 14.1. The van der Waals surface area contributed by atoms with Crippen molar-refractivity contribution in [3.63, 3.8) is 0 Å². The number of halogens is 4. The van der Waals surface area contributed by atoms with Crippen molar-refractivity contribution in [2.75, 3.05) is 0 Å². The van der Waals surface area contributed by atoms with Gasteiger partial charge in [-0.1, -0.05) is 15.9 Å². The number of carbonyl (C=O) groups is 1. The lowest BCUT2D eigenvalue weighted by molar-refractivity contribution is -0.297. The average Bonchev–Trinajstić information content (AvgIpc) is 2.95. The van der Waals surface area contributed by atoms with Gasteiger partial charge in [-0.25, -0.2) is 0 Å². The molecule has 3 rings (SSSR count). The minimum absolute atomic E-state index is 0.0226. The third-order valence-corrected chi connectivity index (χ3v) is 4.26. The number of benzene rings is 1. The van der Waals surface area contributed by atoms with Crippen LogP contribution in [0.5, 0.6) is 0 Å². The van der Waals surface area contributed by atoms with Crippen LogP contribution in [0.4, 0.5) is 13.2 Å². The van der Waals surface area contributed by atoms with Crippen molar-refractivity contribution < 1.29 is 23.1 Å². The zero-order valence-electron chi connectivity index (χ0n) is 12.5. The van der Waals surface area contributed by atoms with Crippen LogP contribution in [0.2, 0.25) is 0 Å². The van der Waals surface area contributed by atoms with Gasteiger partial charge in [0.2, 0.25) is 0 Å². The van der Waals surface area contributed by atoms with E-state index in [1.807, 2.05) is 0 Å². The Morgan fingerprint density at radius 3 is 2.32 bits per heavy atom. The normalized spacial score (nSPS) is 20.5. The van der Waals surface area contributed by atoms with E-state index in [0.717, 1.165) is 0 Å². The van der Waals surface area contributed by atoms with Crippen molar-refractivity contribution in [1.29, 1.82) is 0 Å². The fraction of sp³-hybridized carbons (Fsp3) is 0.188. The molecule has 0 bridgehead atoms. The maximum atomic E-state index is 13.5. The number of hydrogen-bond donors (Lipinski definition) is 1. The maximum absolute atomic E-state index is 13.5. The van der Waals surface area contributed by atoms with Crippen LogP contribution >= 0.6 is 15.9 Å². The van der Waals surface area contributed by atoms with Gasteiger partial charge in [-0.15, -0.1) is 0 Å². The first kappa shape index (κ1) is 17.6. The van der Waals surface area contributed by atoms with Crippen LogP contribution in [-0.4, -0.2) is 38.6 Å². The lowest BCUT2D eigenvalue weighted by Crippen LogP contribution is -2.56. The van der Waals surface area contributed by atoms with Crippen molar-refractivity contribution in [2.45, 2.75) is 18.3 Å². The topological polar surface area (TPSA) is 65.8 Å². The van der Waals surface area contributed by atoms with E-state index in [-0.39, 0.29) is 16.3 Å². The molecule has 1 aromatic heterocycles. The average molecular weight is 414 g/mol. The highest BCUT2D eigenvalue weighted by Gasteiger charge is 2.63. The number of amides is 1. The van der Waals surface area contributed by atoms with E-state index in [2.05, 4.69) is 26.0 Å². The Kier molecular flexibility index (Phi) is 4.38. The first-order valence-electron chi connectivity index (χ1n) is 7.09. The fourth-order valence-corrected chi connectivity index (χ4v) is 2.66. The molecule has 130 valence electrons. The van der Waals surface area contributed by atoms with Crippen molar-refractivity contribution in [3.05, 3.63) is 64.4 Å². The van der Waals surface area contributed by atoms with Gasteiger partial charge < -0.3 is 5.11 Å². The van der Waals surface area contributed by atoms with Gasteiger partial charge in [0.25, 0.3) is 11.6 Å². The molecule has 2 aromatic rings. The first-order valence-corrected chi connectivity index (χ1v) is 7.89. The van der Waals surface area contributed by atoms with Crippen molar-refractivity contribution in [2.24, 2.45) is 5.10 Å². The molecule has 0 saturated carbocycles. The zero-order chi connectivity index (χ0) is 18.2.